The minimum Gasteiger partial charge on any atom is -0.289 e. The van der Waals surface area contributed by atoms with Crippen molar-refractivity contribution in [3.63, 3.8) is 0 Å². The third-order valence-electron chi connectivity index (χ3n) is 4.80. The second-order valence-corrected chi connectivity index (χ2v) is 11.9. The molecule has 2 aromatic rings. The van der Waals surface area contributed by atoms with Crippen molar-refractivity contribution in [2.24, 2.45) is 5.14 Å². The number of hydrogen-bond donors (Lipinski definition) is 3. The van der Waals surface area contributed by atoms with E-state index in [1.807, 2.05) is 4.72 Å². The maximum Gasteiger partial charge on any atom is 0.282 e. The Morgan fingerprint density at radius 1 is 0.844 bits per heavy atom. The van der Waals surface area contributed by atoms with Crippen molar-refractivity contribution in [1.29, 1.82) is 0 Å². The van der Waals surface area contributed by atoms with Gasteiger partial charge in [-0.1, -0.05) is 13.3 Å². The van der Waals surface area contributed by atoms with Gasteiger partial charge in [0.05, 0.1) is 9.79 Å². The number of fused-ring (bicyclic) bond motifs is 2. The molecule has 14 heteroatoms. The maximum atomic E-state index is 13.0. The molecule has 1 atom stereocenters. The van der Waals surface area contributed by atoms with Gasteiger partial charge in [-0.25, -0.2) is 22.0 Å². The molecule has 0 saturated heterocycles. The predicted molar refractivity (Wildman–Crippen MR) is 112 cm³/mol. The second kappa shape index (κ2) is 8.13. The van der Waals surface area contributed by atoms with E-state index in [4.69, 9.17) is 5.14 Å². The molecule has 0 bridgehead atoms. The van der Waals surface area contributed by atoms with Gasteiger partial charge < -0.3 is 0 Å². The van der Waals surface area contributed by atoms with Gasteiger partial charge in [0.25, 0.3) is 10.1 Å². The molecule has 1 aliphatic rings. The van der Waals surface area contributed by atoms with Crippen molar-refractivity contribution >= 4 is 41.7 Å². The lowest BCUT2D eigenvalue weighted by atomic mass is 9.84. The SMILES string of the molecule is CCCC(NS(=O)(=O)c1ccc2c(c1)C(=O)c1cc(S(N)(=O)=O)ccc1C2=O)S(=O)(=O)O. The molecule has 0 spiro atoms. The van der Waals surface area contributed by atoms with Gasteiger partial charge in [0, 0.05) is 22.3 Å². The van der Waals surface area contributed by atoms with Crippen LogP contribution in [-0.2, 0) is 30.2 Å². The third kappa shape index (κ3) is 4.51. The van der Waals surface area contributed by atoms with E-state index >= 15 is 0 Å². The van der Waals surface area contributed by atoms with Crippen molar-refractivity contribution in [1.82, 2.24) is 4.72 Å². The number of primary sulfonamides is 1. The molecule has 1 unspecified atom stereocenters. The molecule has 32 heavy (non-hydrogen) atoms. The van der Waals surface area contributed by atoms with Crippen molar-refractivity contribution in [3.8, 4) is 0 Å². The summed E-state index contributed by atoms with van der Waals surface area (Å²) in [6.45, 7) is 1.59. The molecule has 4 N–H and O–H groups in total. The highest BCUT2D eigenvalue weighted by Crippen LogP contribution is 2.30. The maximum absolute atomic E-state index is 13.0. The number of nitrogens with two attached hydrogens (primary N) is 1. The Balaban J connectivity index is 2.09. The van der Waals surface area contributed by atoms with Crippen molar-refractivity contribution in [2.75, 3.05) is 0 Å². The molecule has 172 valence electrons. The van der Waals surface area contributed by atoms with Crippen LogP contribution in [0.3, 0.4) is 0 Å². The number of benzene rings is 2. The van der Waals surface area contributed by atoms with Crippen LogP contribution in [0.15, 0.2) is 46.2 Å². The summed E-state index contributed by atoms with van der Waals surface area (Å²) >= 11 is 0. The number of carbonyl (C=O) groups excluding carboxylic acids is 2. The van der Waals surface area contributed by atoms with Gasteiger partial charge in [0.1, 0.15) is 5.37 Å². The van der Waals surface area contributed by atoms with E-state index in [1.165, 1.54) is 0 Å². The molecule has 2 aromatic carbocycles. The molecular weight excluding hydrogens is 484 g/mol. The fourth-order valence-corrected chi connectivity index (χ4v) is 6.28. The lowest BCUT2D eigenvalue weighted by molar-refractivity contribution is 0.0978. The van der Waals surface area contributed by atoms with Crippen molar-refractivity contribution < 1.29 is 39.4 Å². The van der Waals surface area contributed by atoms with E-state index in [9.17, 15) is 39.4 Å². The summed E-state index contributed by atoms with van der Waals surface area (Å²) in [5.74, 6) is -1.44. The molecule has 11 nitrogen and oxygen atoms in total. The summed E-state index contributed by atoms with van der Waals surface area (Å²) < 4.78 is 82.7. The zero-order valence-corrected chi connectivity index (χ0v) is 18.9. The van der Waals surface area contributed by atoms with Gasteiger partial charge >= 0.3 is 0 Å². The van der Waals surface area contributed by atoms with Gasteiger partial charge in [-0.15, -0.1) is 0 Å². The average molecular weight is 503 g/mol. The lowest BCUT2D eigenvalue weighted by Crippen LogP contribution is -2.40. The van der Waals surface area contributed by atoms with Crippen LogP contribution >= 0.6 is 0 Å². The molecule has 3 rings (SSSR count). The van der Waals surface area contributed by atoms with Gasteiger partial charge in [-0.2, -0.15) is 13.1 Å². The largest absolute Gasteiger partial charge is 0.289 e. The fraction of sp³-hybridized carbons (Fsp3) is 0.222. The Morgan fingerprint density at radius 2 is 1.31 bits per heavy atom. The second-order valence-electron chi connectivity index (χ2n) is 7.03. The summed E-state index contributed by atoms with van der Waals surface area (Å²) in [6.07, 6.45) is 0.0391. The van der Waals surface area contributed by atoms with E-state index in [1.54, 1.807) is 6.92 Å². The van der Waals surface area contributed by atoms with Gasteiger partial charge in [-0.05, 0) is 42.8 Å². The van der Waals surface area contributed by atoms with Crippen LogP contribution in [0, 0.1) is 0 Å². The number of carbonyl (C=O) groups is 2. The van der Waals surface area contributed by atoms with Crippen LogP contribution in [0.1, 0.15) is 51.6 Å². The summed E-state index contributed by atoms with van der Waals surface area (Å²) in [6, 6.07) is 6.16. The first kappa shape index (κ1) is 24.2. The monoisotopic (exact) mass is 502 g/mol. The molecule has 0 radical (unpaired) electrons. The van der Waals surface area contributed by atoms with Crippen LogP contribution in [-0.4, -0.2) is 46.7 Å². The minimum atomic E-state index is -4.74. The zero-order chi connectivity index (χ0) is 24.1. The van der Waals surface area contributed by atoms with Gasteiger partial charge in [0.15, 0.2) is 11.6 Å². The molecule has 0 fully saturated rings. The Labute approximate surface area is 184 Å². The number of rotatable bonds is 7. The zero-order valence-electron chi connectivity index (χ0n) is 16.5. The lowest BCUT2D eigenvalue weighted by Gasteiger charge is -2.20. The van der Waals surface area contributed by atoms with E-state index in [0.717, 1.165) is 36.4 Å². The van der Waals surface area contributed by atoms with Crippen LogP contribution < -0.4 is 9.86 Å². The molecular formula is C18H18N2O9S3. The van der Waals surface area contributed by atoms with Crippen LogP contribution in [0.4, 0.5) is 0 Å². The number of nitrogens with one attached hydrogen (secondary N) is 1. The number of hydrogen-bond acceptors (Lipinski definition) is 8. The number of sulfonamides is 2. The van der Waals surface area contributed by atoms with Crippen LogP contribution in [0.25, 0.3) is 0 Å². The standard InChI is InChI=1S/C18H18N2O9S3/c1-2-3-16(32(27,28)29)20-31(25,26)11-5-7-13-15(9-11)18(22)14-8-10(30(19,23)24)4-6-12(14)17(13)21/h4-9,16,20H,2-3H2,1H3,(H2,19,23,24)(H,27,28,29). The Bertz CT molecular complexity index is 1460. The molecule has 0 aliphatic heterocycles. The Morgan fingerprint density at radius 3 is 1.78 bits per heavy atom. The van der Waals surface area contributed by atoms with Gasteiger partial charge in [0.2, 0.25) is 20.0 Å². The minimum absolute atomic E-state index is 0.0713. The highest BCUT2D eigenvalue weighted by molar-refractivity contribution is 7.91. The van der Waals surface area contributed by atoms with E-state index in [2.05, 4.69) is 0 Å². The van der Waals surface area contributed by atoms with Crippen LogP contribution in [0.5, 0.6) is 0 Å². The van der Waals surface area contributed by atoms with E-state index in [0.29, 0.717) is 0 Å². The normalized spacial score (nSPS) is 15.2. The summed E-state index contributed by atoms with van der Waals surface area (Å²) in [5, 5.41) is 3.27. The van der Waals surface area contributed by atoms with Crippen LogP contribution in [0.2, 0.25) is 0 Å². The molecule has 0 amide bonds. The van der Waals surface area contributed by atoms with E-state index < -0.39 is 56.9 Å². The van der Waals surface area contributed by atoms with Crippen molar-refractivity contribution in [2.45, 2.75) is 34.9 Å². The summed E-state index contributed by atoms with van der Waals surface area (Å²) in [7, 11) is -13.4. The smallest absolute Gasteiger partial charge is 0.282 e. The Hall–Kier alpha value is -2.49. The quantitative estimate of drug-likeness (QED) is 0.383. The molecule has 0 aromatic heterocycles. The first-order valence-electron chi connectivity index (χ1n) is 9.05. The fourth-order valence-electron chi connectivity index (χ4n) is 3.22. The predicted octanol–water partition coefficient (Wildman–Crippen LogP) is 0.402. The topological polar surface area (TPSA) is 195 Å². The van der Waals surface area contributed by atoms with E-state index in [-0.39, 0.29) is 35.1 Å². The first-order chi connectivity index (χ1) is 14.7. The highest BCUT2D eigenvalue weighted by atomic mass is 32.2. The molecule has 0 heterocycles. The summed E-state index contributed by atoms with van der Waals surface area (Å²) in [5.41, 5.74) is -0.753. The number of ketones is 2. The van der Waals surface area contributed by atoms with Crippen molar-refractivity contribution in [3.05, 3.63) is 58.7 Å². The third-order valence-corrected chi connectivity index (χ3v) is 8.40. The molecule has 1 aliphatic carbocycles. The summed E-state index contributed by atoms with van der Waals surface area (Å²) in [4.78, 5) is 24.8. The highest BCUT2D eigenvalue weighted by Gasteiger charge is 2.33. The van der Waals surface area contributed by atoms with Gasteiger partial charge in [-0.3, -0.25) is 14.1 Å². The first-order valence-corrected chi connectivity index (χ1v) is 13.6. The Kier molecular flexibility index (Phi) is 6.14. The average Bonchev–Trinajstić information content (AvgIpc) is 2.69. The molecule has 0 saturated carbocycles.